The number of rotatable bonds is 5. The Hall–Kier alpha value is 0.270. The van der Waals surface area contributed by atoms with Crippen LogP contribution in [-0.4, -0.2) is 41.1 Å². The Balaban J connectivity index is 2.25. The topological polar surface area (TPSA) is 29.3 Å². The van der Waals surface area contributed by atoms with Crippen molar-refractivity contribution in [3.05, 3.63) is 0 Å². The van der Waals surface area contributed by atoms with Crippen molar-refractivity contribution in [3.63, 3.8) is 0 Å². The minimum Gasteiger partial charge on any atom is -0.329 e. The molecule has 18 heavy (non-hydrogen) atoms. The number of thioether (sulfide) groups is 1. The van der Waals surface area contributed by atoms with Crippen LogP contribution in [0.15, 0.2) is 0 Å². The molecule has 2 fully saturated rings. The molecule has 106 valence electrons. The summed E-state index contributed by atoms with van der Waals surface area (Å²) in [5, 5.41) is 0. The van der Waals surface area contributed by atoms with Crippen molar-refractivity contribution in [1.29, 1.82) is 0 Å². The summed E-state index contributed by atoms with van der Waals surface area (Å²) >= 11 is 2.10. The molecule has 1 saturated heterocycles. The Bertz CT molecular complexity index is 286. The van der Waals surface area contributed by atoms with Crippen molar-refractivity contribution in [1.82, 2.24) is 4.90 Å². The second-order valence-electron chi connectivity index (χ2n) is 7.11. The summed E-state index contributed by atoms with van der Waals surface area (Å²) < 4.78 is 0. The van der Waals surface area contributed by atoms with E-state index in [1.54, 1.807) is 0 Å². The predicted octanol–water partition coefficient (Wildman–Crippen LogP) is 2.97. The van der Waals surface area contributed by atoms with Gasteiger partial charge in [0.25, 0.3) is 0 Å². The lowest BCUT2D eigenvalue weighted by atomic mass is 9.69. The van der Waals surface area contributed by atoms with E-state index < -0.39 is 0 Å². The van der Waals surface area contributed by atoms with E-state index >= 15 is 0 Å². The zero-order valence-corrected chi connectivity index (χ0v) is 13.4. The zero-order chi connectivity index (χ0) is 13.4. The standard InChI is InChI=1S/C15H30N2S/c1-12(2)17(9-13-5-6-13)15(10-16)11-18-8-7-14(15,3)4/h12-13H,5-11,16H2,1-4H3. The summed E-state index contributed by atoms with van der Waals surface area (Å²) in [7, 11) is 0. The average Bonchev–Trinajstić information content (AvgIpc) is 3.10. The third-order valence-corrected chi connectivity index (χ3v) is 6.31. The SMILES string of the molecule is CC(C)N(CC1CC1)C1(CN)CSCCC1(C)C. The molecule has 0 aromatic carbocycles. The highest BCUT2D eigenvalue weighted by Crippen LogP contribution is 2.47. The molecule has 1 aliphatic carbocycles. The molecule has 2 rings (SSSR count). The van der Waals surface area contributed by atoms with Gasteiger partial charge in [0.2, 0.25) is 0 Å². The van der Waals surface area contributed by atoms with Gasteiger partial charge in [-0.1, -0.05) is 13.8 Å². The van der Waals surface area contributed by atoms with Gasteiger partial charge in [0.15, 0.2) is 0 Å². The molecule has 1 saturated carbocycles. The molecule has 1 aliphatic heterocycles. The van der Waals surface area contributed by atoms with Gasteiger partial charge < -0.3 is 5.73 Å². The van der Waals surface area contributed by atoms with Crippen LogP contribution in [0.5, 0.6) is 0 Å². The molecule has 0 spiro atoms. The lowest BCUT2D eigenvalue weighted by Gasteiger charge is -2.57. The molecule has 2 aliphatic rings. The highest BCUT2D eigenvalue weighted by Gasteiger charge is 2.51. The molecular formula is C15H30N2S. The van der Waals surface area contributed by atoms with Crippen LogP contribution in [0.25, 0.3) is 0 Å². The van der Waals surface area contributed by atoms with E-state index in [2.05, 4.69) is 44.4 Å². The average molecular weight is 270 g/mol. The quantitative estimate of drug-likeness (QED) is 0.833. The number of nitrogens with two attached hydrogens (primary N) is 1. The van der Waals surface area contributed by atoms with Gasteiger partial charge >= 0.3 is 0 Å². The summed E-state index contributed by atoms with van der Waals surface area (Å²) in [5.41, 5.74) is 6.83. The van der Waals surface area contributed by atoms with Crippen LogP contribution in [0.2, 0.25) is 0 Å². The fraction of sp³-hybridized carbons (Fsp3) is 1.00. The number of nitrogens with zero attached hydrogens (tertiary/aromatic N) is 1. The van der Waals surface area contributed by atoms with Crippen molar-refractivity contribution in [3.8, 4) is 0 Å². The van der Waals surface area contributed by atoms with E-state index in [9.17, 15) is 0 Å². The van der Waals surface area contributed by atoms with Crippen LogP contribution < -0.4 is 5.73 Å². The van der Waals surface area contributed by atoms with E-state index in [1.165, 1.54) is 37.3 Å². The maximum Gasteiger partial charge on any atom is 0.0475 e. The van der Waals surface area contributed by atoms with E-state index in [4.69, 9.17) is 5.73 Å². The fourth-order valence-corrected chi connectivity index (χ4v) is 5.19. The van der Waals surface area contributed by atoms with E-state index in [1.807, 2.05) is 0 Å². The first kappa shape index (κ1) is 14.7. The van der Waals surface area contributed by atoms with Gasteiger partial charge in [0.1, 0.15) is 0 Å². The molecule has 2 nitrogen and oxygen atoms in total. The summed E-state index contributed by atoms with van der Waals surface area (Å²) in [6.45, 7) is 11.6. The molecule has 0 bridgehead atoms. The second kappa shape index (κ2) is 5.34. The third kappa shape index (κ3) is 2.59. The minimum atomic E-state index is 0.201. The summed E-state index contributed by atoms with van der Waals surface area (Å²) in [4.78, 5) is 2.75. The lowest BCUT2D eigenvalue weighted by molar-refractivity contribution is -0.0225. The Morgan fingerprint density at radius 3 is 2.44 bits per heavy atom. The van der Waals surface area contributed by atoms with Gasteiger partial charge in [0, 0.05) is 30.4 Å². The molecule has 0 radical (unpaired) electrons. The normalized spacial score (nSPS) is 32.2. The van der Waals surface area contributed by atoms with Crippen molar-refractivity contribution in [2.75, 3.05) is 24.6 Å². The first-order chi connectivity index (χ1) is 8.43. The van der Waals surface area contributed by atoms with Crippen LogP contribution >= 0.6 is 11.8 Å². The molecule has 1 heterocycles. The zero-order valence-electron chi connectivity index (χ0n) is 12.5. The monoisotopic (exact) mass is 270 g/mol. The van der Waals surface area contributed by atoms with Crippen molar-refractivity contribution >= 4 is 11.8 Å². The highest BCUT2D eigenvalue weighted by molar-refractivity contribution is 7.99. The maximum absolute atomic E-state index is 6.29. The van der Waals surface area contributed by atoms with Crippen LogP contribution in [0, 0.1) is 11.3 Å². The summed E-state index contributed by atoms with van der Waals surface area (Å²) in [5.74, 6) is 3.45. The number of hydrogen-bond donors (Lipinski definition) is 1. The molecule has 0 aromatic rings. The smallest absolute Gasteiger partial charge is 0.0475 e. The molecule has 1 atom stereocenters. The Morgan fingerprint density at radius 1 is 1.33 bits per heavy atom. The van der Waals surface area contributed by atoms with Crippen molar-refractivity contribution in [2.45, 2.75) is 58.5 Å². The number of hydrogen-bond acceptors (Lipinski definition) is 3. The van der Waals surface area contributed by atoms with Gasteiger partial charge in [-0.2, -0.15) is 11.8 Å². The maximum atomic E-state index is 6.29. The van der Waals surface area contributed by atoms with E-state index in [-0.39, 0.29) is 5.54 Å². The highest BCUT2D eigenvalue weighted by atomic mass is 32.2. The largest absolute Gasteiger partial charge is 0.329 e. The summed E-state index contributed by atoms with van der Waals surface area (Å²) in [6, 6.07) is 0.604. The summed E-state index contributed by atoms with van der Waals surface area (Å²) in [6.07, 6.45) is 4.15. The Kier molecular flexibility index (Phi) is 4.35. The van der Waals surface area contributed by atoms with Gasteiger partial charge in [-0.05, 0) is 50.2 Å². The predicted molar refractivity (Wildman–Crippen MR) is 82.1 cm³/mol. The van der Waals surface area contributed by atoms with E-state index in [0.717, 1.165) is 12.5 Å². The first-order valence-corrected chi connectivity index (χ1v) is 8.63. The van der Waals surface area contributed by atoms with Crippen LogP contribution in [0.1, 0.15) is 47.0 Å². The van der Waals surface area contributed by atoms with Crippen molar-refractivity contribution in [2.24, 2.45) is 17.1 Å². The van der Waals surface area contributed by atoms with Gasteiger partial charge in [-0.3, -0.25) is 4.90 Å². The Labute approximate surface area is 117 Å². The molecule has 1 unspecified atom stereocenters. The van der Waals surface area contributed by atoms with Gasteiger partial charge in [0.05, 0.1) is 0 Å². The van der Waals surface area contributed by atoms with E-state index in [0.29, 0.717) is 11.5 Å². The second-order valence-corrected chi connectivity index (χ2v) is 8.22. The minimum absolute atomic E-state index is 0.201. The Morgan fingerprint density at radius 2 is 2.00 bits per heavy atom. The molecule has 0 aromatic heterocycles. The molecule has 0 amide bonds. The van der Waals surface area contributed by atoms with Crippen LogP contribution in [-0.2, 0) is 0 Å². The van der Waals surface area contributed by atoms with Crippen molar-refractivity contribution < 1.29 is 0 Å². The molecule has 3 heteroatoms. The van der Waals surface area contributed by atoms with Gasteiger partial charge in [-0.15, -0.1) is 0 Å². The van der Waals surface area contributed by atoms with Crippen LogP contribution in [0.4, 0.5) is 0 Å². The van der Waals surface area contributed by atoms with Crippen LogP contribution in [0.3, 0.4) is 0 Å². The molecule has 2 N–H and O–H groups in total. The molecular weight excluding hydrogens is 240 g/mol. The van der Waals surface area contributed by atoms with Gasteiger partial charge in [-0.25, -0.2) is 0 Å². The third-order valence-electron chi connectivity index (χ3n) is 5.13. The fourth-order valence-electron chi connectivity index (χ4n) is 3.38. The lowest BCUT2D eigenvalue weighted by Crippen LogP contribution is -2.67. The first-order valence-electron chi connectivity index (χ1n) is 7.47.